The quantitative estimate of drug-likeness (QED) is 0.726. The highest BCUT2D eigenvalue weighted by Gasteiger charge is 2.26. The normalized spacial score (nSPS) is 16.3. The second-order valence-corrected chi connectivity index (χ2v) is 6.61. The summed E-state index contributed by atoms with van der Waals surface area (Å²) >= 11 is 0. The molecule has 5 heteroatoms. The van der Waals surface area contributed by atoms with E-state index in [0.717, 1.165) is 35.3 Å². The summed E-state index contributed by atoms with van der Waals surface area (Å²) in [6.07, 6.45) is 6.43. The Balaban J connectivity index is 1.41. The van der Waals surface area contributed by atoms with Gasteiger partial charge in [0.25, 0.3) is 0 Å². The first-order valence-electron chi connectivity index (χ1n) is 8.90. The number of furan rings is 1. The molecule has 1 amide bonds. The molecule has 2 N–H and O–H groups in total. The Morgan fingerprint density at radius 3 is 2.84 bits per heavy atom. The first-order valence-corrected chi connectivity index (χ1v) is 8.90. The molecule has 0 spiro atoms. The van der Waals surface area contributed by atoms with Gasteiger partial charge in [0, 0.05) is 23.6 Å². The topological polar surface area (TPSA) is 61.3 Å². The summed E-state index contributed by atoms with van der Waals surface area (Å²) in [4.78, 5) is 18.1. The van der Waals surface area contributed by atoms with Gasteiger partial charge in [0.05, 0.1) is 18.7 Å². The van der Waals surface area contributed by atoms with E-state index in [9.17, 15) is 4.79 Å². The fourth-order valence-corrected chi connectivity index (χ4v) is 3.67. The fraction of sp³-hybridized carbons (Fsp3) is 0.350. The third-order valence-electron chi connectivity index (χ3n) is 4.97. The van der Waals surface area contributed by atoms with E-state index in [2.05, 4.69) is 15.2 Å². The molecule has 5 nitrogen and oxygen atoms in total. The molecule has 1 aliphatic heterocycles. The molecule has 3 heterocycles. The highest BCUT2D eigenvalue weighted by atomic mass is 16.3. The number of aromatic nitrogens is 1. The number of fused-ring (bicyclic) bond motifs is 1. The van der Waals surface area contributed by atoms with Crippen molar-refractivity contribution >= 4 is 16.8 Å². The summed E-state index contributed by atoms with van der Waals surface area (Å²) < 4.78 is 5.61. The predicted octanol–water partition coefficient (Wildman–Crippen LogP) is 3.26. The van der Waals surface area contributed by atoms with Crippen LogP contribution in [0.2, 0.25) is 0 Å². The number of carbonyl (C=O) groups is 1. The number of para-hydroxylation sites is 1. The van der Waals surface area contributed by atoms with E-state index in [0.29, 0.717) is 13.0 Å². The number of rotatable bonds is 6. The number of benzene rings is 1. The molecule has 0 saturated carbocycles. The van der Waals surface area contributed by atoms with Gasteiger partial charge in [-0.1, -0.05) is 18.2 Å². The van der Waals surface area contributed by atoms with Crippen molar-refractivity contribution in [2.24, 2.45) is 0 Å². The summed E-state index contributed by atoms with van der Waals surface area (Å²) in [6.45, 7) is 2.70. The maximum Gasteiger partial charge on any atom is 0.224 e. The molecule has 1 aromatic carbocycles. The number of amides is 1. The van der Waals surface area contributed by atoms with Crippen molar-refractivity contribution < 1.29 is 9.21 Å². The van der Waals surface area contributed by atoms with Crippen LogP contribution in [0.4, 0.5) is 0 Å². The monoisotopic (exact) mass is 337 g/mol. The molecule has 0 aliphatic carbocycles. The highest BCUT2D eigenvalue weighted by molar-refractivity contribution is 5.88. The fourth-order valence-electron chi connectivity index (χ4n) is 3.67. The summed E-state index contributed by atoms with van der Waals surface area (Å²) in [6, 6.07) is 12.1. The Morgan fingerprint density at radius 2 is 2.04 bits per heavy atom. The molecule has 1 aliphatic rings. The molecule has 3 aromatic rings. The number of H-pyrrole nitrogens is 1. The van der Waals surface area contributed by atoms with Crippen LogP contribution in [0.25, 0.3) is 10.9 Å². The lowest BCUT2D eigenvalue weighted by atomic mass is 10.1. The third kappa shape index (κ3) is 3.46. The van der Waals surface area contributed by atoms with Crippen LogP contribution in [-0.2, 0) is 11.2 Å². The molecule has 1 atom stereocenters. The van der Waals surface area contributed by atoms with Crippen molar-refractivity contribution in [2.45, 2.75) is 25.3 Å². The molecule has 25 heavy (non-hydrogen) atoms. The average Bonchev–Trinajstić information content (AvgIpc) is 3.38. The van der Waals surface area contributed by atoms with Gasteiger partial charge in [0.1, 0.15) is 5.76 Å². The van der Waals surface area contributed by atoms with Gasteiger partial charge in [-0.25, -0.2) is 0 Å². The van der Waals surface area contributed by atoms with Crippen molar-refractivity contribution in [3.05, 3.63) is 60.2 Å². The number of likely N-dealkylation sites (tertiary alicyclic amines) is 1. The molecular weight excluding hydrogens is 314 g/mol. The van der Waals surface area contributed by atoms with Crippen molar-refractivity contribution in [1.82, 2.24) is 15.2 Å². The Labute approximate surface area is 147 Å². The van der Waals surface area contributed by atoms with Gasteiger partial charge >= 0.3 is 0 Å². The SMILES string of the molecule is O=C(Cc1c[nH]c2ccccc12)NC[C@H](c1ccco1)N1CCCC1. The standard InChI is InChI=1S/C20H23N3O2/c24-20(12-15-13-21-17-7-2-1-6-16(15)17)22-14-18(19-8-5-11-25-19)23-9-3-4-10-23/h1-2,5-8,11,13,18,21H,3-4,9-10,12,14H2,(H,22,24)/t18-/m1/s1. The Kier molecular flexibility index (Phi) is 4.57. The number of hydrogen-bond acceptors (Lipinski definition) is 3. The van der Waals surface area contributed by atoms with Crippen LogP contribution in [0, 0.1) is 0 Å². The lowest BCUT2D eigenvalue weighted by Crippen LogP contribution is -2.37. The zero-order chi connectivity index (χ0) is 17.1. The van der Waals surface area contributed by atoms with Gasteiger partial charge in [-0.2, -0.15) is 0 Å². The van der Waals surface area contributed by atoms with Gasteiger partial charge in [-0.05, 0) is 49.7 Å². The summed E-state index contributed by atoms with van der Waals surface area (Å²) in [5.41, 5.74) is 2.10. The van der Waals surface area contributed by atoms with Gasteiger partial charge in [-0.3, -0.25) is 9.69 Å². The molecule has 1 fully saturated rings. The van der Waals surface area contributed by atoms with Gasteiger partial charge in [0.2, 0.25) is 5.91 Å². The van der Waals surface area contributed by atoms with Crippen LogP contribution in [0.5, 0.6) is 0 Å². The van der Waals surface area contributed by atoms with E-state index in [1.54, 1.807) is 6.26 Å². The van der Waals surface area contributed by atoms with E-state index in [4.69, 9.17) is 4.42 Å². The number of aromatic amines is 1. The number of hydrogen-bond donors (Lipinski definition) is 2. The minimum absolute atomic E-state index is 0.0421. The van der Waals surface area contributed by atoms with E-state index in [1.165, 1.54) is 12.8 Å². The smallest absolute Gasteiger partial charge is 0.224 e. The van der Waals surface area contributed by atoms with Gasteiger partial charge in [0.15, 0.2) is 0 Å². The largest absolute Gasteiger partial charge is 0.468 e. The molecular formula is C20H23N3O2. The minimum Gasteiger partial charge on any atom is -0.468 e. The predicted molar refractivity (Wildman–Crippen MR) is 97.3 cm³/mol. The number of nitrogens with one attached hydrogen (secondary N) is 2. The van der Waals surface area contributed by atoms with E-state index in [-0.39, 0.29) is 11.9 Å². The van der Waals surface area contributed by atoms with Crippen LogP contribution < -0.4 is 5.32 Å². The van der Waals surface area contributed by atoms with Gasteiger partial charge < -0.3 is 14.7 Å². The molecule has 4 rings (SSSR count). The Bertz CT molecular complexity index is 832. The van der Waals surface area contributed by atoms with Gasteiger partial charge in [-0.15, -0.1) is 0 Å². The molecule has 1 saturated heterocycles. The zero-order valence-electron chi connectivity index (χ0n) is 14.2. The maximum absolute atomic E-state index is 12.5. The molecule has 2 aromatic heterocycles. The van der Waals surface area contributed by atoms with Crippen LogP contribution in [-0.4, -0.2) is 35.4 Å². The van der Waals surface area contributed by atoms with Crippen LogP contribution in [0.1, 0.15) is 30.2 Å². The number of carbonyl (C=O) groups excluding carboxylic acids is 1. The molecule has 0 unspecified atom stereocenters. The van der Waals surface area contributed by atoms with Crippen molar-refractivity contribution in [2.75, 3.05) is 19.6 Å². The second-order valence-electron chi connectivity index (χ2n) is 6.61. The average molecular weight is 337 g/mol. The van der Waals surface area contributed by atoms with E-state index in [1.807, 2.05) is 42.6 Å². The molecule has 130 valence electrons. The highest BCUT2D eigenvalue weighted by Crippen LogP contribution is 2.25. The molecule has 0 bridgehead atoms. The number of nitrogens with zero attached hydrogens (tertiary/aromatic N) is 1. The second kappa shape index (κ2) is 7.15. The third-order valence-corrected chi connectivity index (χ3v) is 4.97. The first kappa shape index (κ1) is 16.0. The minimum atomic E-state index is 0.0421. The van der Waals surface area contributed by atoms with E-state index >= 15 is 0 Å². The van der Waals surface area contributed by atoms with Crippen molar-refractivity contribution in [3.8, 4) is 0 Å². The van der Waals surface area contributed by atoms with Crippen LogP contribution in [0.3, 0.4) is 0 Å². The van der Waals surface area contributed by atoms with Crippen molar-refractivity contribution in [1.29, 1.82) is 0 Å². The van der Waals surface area contributed by atoms with Crippen molar-refractivity contribution in [3.63, 3.8) is 0 Å². The maximum atomic E-state index is 12.5. The lowest BCUT2D eigenvalue weighted by molar-refractivity contribution is -0.120. The Morgan fingerprint density at radius 1 is 1.20 bits per heavy atom. The summed E-state index contributed by atoms with van der Waals surface area (Å²) in [7, 11) is 0. The summed E-state index contributed by atoms with van der Waals surface area (Å²) in [5.74, 6) is 0.967. The molecule has 0 radical (unpaired) electrons. The van der Waals surface area contributed by atoms with Crippen LogP contribution >= 0.6 is 0 Å². The first-order chi connectivity index (χ1) is 12.3. The van der Waals surface area contributed by atoms with E-state index < -0.39 is 0 Å². The van der Waals surface area contributed by atoms with Crippen LogP contribution in [0.15, 0.2) is 53.3 Å². The zero-order valence-corrected chi connectivity index (χ0v) is 14.2. The Hall–Kier alpha value is -2.53. The summed E-state index contributed by atoms with van der Waals surface area (Å²) in [5, 5.41) is 4.21. The lowest BCUT2D eigenvalue weighted by Gasteiger charge is -2.26.